The van der Waals surface area contributed by atoms with Crippen molar-refractivity contribution >= 4 is 45.4 Å². The number of carbonyl (C=O) groups excluding carboxylic acids is 1. The highest BCUT2D eigenvalue weighted by Gasteiger charge is 2.66. The number of hydrogen-bond donors (Lipinski definition) is 0. The minimum absolute atomic E-state index is 0.000728. The van der Waals surface area contributed by atoms with Crippen molar-refractivity contribution in [2.24, 2.45) is 5.41 Å². The molecule has 1 aliphatic carbocycles. The van der Waals surface area contributed by atoms with Crippen molar-refractivity contribution in [2.75, 3.05) is 11.4 Å². The van der Waals surface area contributed by atoms with Crippen LogP contribution in [0.4, 0.5) is 5.00 Å². The van der Waals surface area contributed by atoms with Gasteiger partial charge in [0.25, 0.3) is 0 Å². The minimum atomic E-state index is -0.549. The third-order valence-corrected chi connectivity index (χ3v) is 6.52. The second-order valence-electron chi connectivity index (χ2n) is 6.11. The maximum absolute atomic E-state index is 12.9. The van der Waals surface area contributed by atoms with Crippen LogP contribution in [-0.2, 0) is 4.79 Å². The Morgan fingerprint density at radius 1 is 1.48 bits per heavy atom. The van der Waals surface area contributed by atoms with Gasteiger partial charge in [0.1, 0.15) is 10.0 Å². The number of hydrogen-bond acceptors (Lipinski definition) is 4. The molecule has 7 heteroatoms. The molecule has 1 saturated carbocycles. The van der Waals surface area contributed by atoms with Crippen molar-refractivity contribution in [1.29, 1.82) is 0 Å². The molecule has 122 valence electrons. The van der Waals surface area contributed by atoms with Gasteiger partial charge in [0.15, 0.2) is 5.15 Å². The summed E-state index contributed by atoms with van der Waals surface area (Å²) in [5, 5.41) is 1.75. The molecule has 2 atom stereocenters. The Morgan fingerprint density at radius 3 is 2.70 bits per heavy atom. The van der Waals surface area contributed by atoms with E-state index in [1.807, 2.05) is 32.9 Å². The Hall–Kier alpha value is -1.17. The predicted octanol–water partition coefficient (Wildman–Crippen LogP) is 4.62. The molecule has 0 aliphatic heterocycles. The third-order valence-electron chi connectivity index (χ3n) is 4.47. The molecule has 0 aromatic carbocycles. The van der Waals surface area contributed by atoms with Gasteiger partial charge in [-0.3, -0.25) is 9.78 Å². The van der Waals surface area contributed by atoms with E-state index in [0.29, 0.717) is 23.1 Å². The van der Waals surface area contributed by atoms with E-state index in [1.54, 1.807) is 17.3 Å². The molecule has 0 bridgehead atoms. The van der Waals surface area contributed by atoms with Gasteiger partial charge >= 0.3 is 0 Å². The van der Waals surface area contributed by atoms with Gasteiger partial charge in [-0.15, -0.1) is 11.6 Å². The first-order valence-electron chi connectivity index (χ1n) is 7.38. The lowest BCUT2D eigenvalue weighted by Crippen LogP contribution is -2.38. The molecule has 0 radical (unpaired) electrons. The number of thiazole rings is 1. The first-order valence-corrected chi connectivity index (χ1v) is 8.95. The van der Waals surface area contributed by atoms with Crippen molar-refractivity contribution in [3.8, 4) is 10.6 Å². The first-order chi connectivity index (χ1) is 10.8. The summed E-state index contributed by atoms with van der Waals surface area (Å²) in [4.78, 5) is 22.6. The molecule has 1 fully saturated rings. The summed E-state index contributed by atoms with van der Waals surface area (Å²) >= 11 is 14.1. The van der Waals surface area contributed by atoms with Crippen LogP contribution in [0.1, 0.15) is 27.2 Å². The third kappa shape index (κ3) is 2.75. The lowest BCUT2D eigenvalue weighted by atomic mass is 10.1. The van der Waals surface area contributed by atoms with Crippen molar-refractivity contribution in [3.63, 3.8) is 0 Å². The summed E-state index contributed by atoms with van der Waals surface area (Å²) in [5.74, 6) is 0.000728. The van der Waals surface area contributed by atoms with E-state index in [0.717, 1.165) is 10.6 Å². The van der Waals surface area contributed by atoms with Gasteiger partial charge in [0.05, 0.1) is 10.3 Å². The molecular formula is C16H17Cl2N3OS. The number of nitrogens with zero attached hydrogens (tertiary/aromatic N) is 3. The van der Waals surface area contributed by atoms with Gasteiger partial charge in [-0.2, -0.15) is 0 Å². The van der Waals surface area contributed by atoms with E-state index in [9.17, 15) is 4.79 Å². The molecule has 2 aromatic rings. The molecular weight excluding hydrogens is 353 g/mol. The Labute approximate surface area is 149 Å². The lowest BCUT2D eigenvalue weighted by molar-refractivity contribution is -0.123. The van der Waals surface area contributed by atoms with Crippen molar-refractivity contribution in [1.82, 2.24) is 9.97 Å². The van der Waals surface area contributed by atoms with Crippen LogP contribution in [0.5, 0.6) is 0 Å². The van der Waals surface area contributed by atoms with Crippen LogP contribution < -0.4 is 4.90 Å². The van der Waals surface area contributed by atoms with E-state index in [-0.39, 0.29) is 5.91 Å². The number of alkyl halides is 1. The lowest BCUT2D eigenvalue weighted by Gasteiger charge is -2.24. The monoisotopic (exact) mass is 369 g/mol. The summed E-state index contributed by atoms with van der Waals surface area (Å²) in [6, 6.07) is 3.76. The number of aromatic nitrogens is 2. The summed E-state index contributed by atoms with van der Waals surface area (Å²) in [6.45, 7) is 6.25. The Bertz CT molecular complexity index is 747. The van der Waals surface area contributed by atoms with Gasteiger partial charge in [-0.25, -0.2) is 4.98 Å². The van der Waals surface area contributed by atoms with E-state index in [2.05, 4.69) is 9.97 Å². The largest absolute Gasteiger partial charge is 0.301 e. The second-order valence-corrected chi connectivity index (χ2v) is 8.28. The van der Waals surface area contributed by atoms with Gasteiger partial charge in [-0.1, -0.05) is 22.9 Å². The maximum atomic E-state index is 12.9. The fraction of sp³-hybridized carbons (Fsp3) is 0.438. The Morgan fingerprint density at radius 2 is 2.17 bits per heavy atom. The van der Waals surface area contributed by atoms with Crippen LogP contribution in [-0.4, -0.2) is 27.3 Å². The van der Waals surface area contributed by atoms with E-state index in [1.165, 1.54) is 11.3 Å². The number of halogens is 2. The molecule has 1 aliphatic rings. The number of anilines is 1. The Balaban J connectivity index is 1.94. The highest BCUT2D eigenvalue weighted by molar-refractivity contribution is 7.19. The summed E-state index contributed by atoms with van der Waals surface area (Å²) in [7, 11) is 0. The van der Waals surface area contributed by atoms with Gasteiger partial charge < -0.3 is 4.90 Å². The molecule has 0 spiro atoms. The number of rotatable bonds is 4. The fourth-order valence-electron chi connectivity index (χ4n) is 2.67. The van der Waals surface area contributed by atoms with Crippen molar-refractivity contribution < 1.29 is 4.79 Å². The van der Waals surface area contributed by atoms with Crippen LogP contribution >= 0.6 is 34.5 Å². The second kappa shape index (κ2) is 5.72. The fourth-order valence-corrected chi connectivity index (χ4v) is 4.38. The number of pyridine rings is 1. The highest BCUT2D eigenvalue weighted by Crippen LogP contribution is 2.62. The molecule has 2 aromatic heterocycles. The van der Waals surface area contributed by atoms with Crippen molar-refractivity contribution in [2.45, 2.75) is 32.1 Å². The molecule has 0 saturated heterocycles. The first kappa shape index (κ1) is 16.7. The van der Waals surface area contributed by atoms with E-state index >= 15 is 0 Å². The number of amides is 1. The summed E-state index contributed by atoms with van der Waals surface area (Å²) in [5.41, 5.74) is 0.334. The quantitative estimate of drug-likeness (QED) is 0.738. The predicted molar refractivity (Wildman–Crippen MR) is 95.4 cm³/mol. The van der Waals surface area contributed by atoms with Gasteiger partial charge in [-0.05, 0) is 39.3 Å². The summed E-state index contributed by atoms with van der Waals surface area (Å²) in [6.07, 6.45) is 4.11. The average molecular weight is 370 g/mol. The zero-order valence-electron chi connectivity index (χ0n) is 13.1. The SMILES string of the molecule is CCN(C(=O)C1(C)CC1(C)Cl)c1sc(-c2cccnc2)nc1Cl. The minimum Gasteiger partial charge on any atom is -0.301 e. The van der Waals surface area contributed by atoms with Crippen LogP contribution in [0.25, 0.3) is 10.6 Å². The normalized spacial score (nSPS) is 26.1. The van der Waals surface area contributed by atoms with Crippen LogP contribution in [0.2, 0.25) is 5.15 Å². The number of carbonyl (C=O) groups is 1. The topological polar surface area (TPSA) is 46.1 Å². The van der Waals surface area contributed by atoms with Crippen LogP contribution in [0.3, 0.4) is 0 Å². The molecule has 4 nitrogen and oxygen atoms in total. The van der Waals surface area contributed by atoms with Gasteiger partial charge in [0, 0.05) is 24.5 Å². The van der Waals surface area contributed by atoms with E-state index in [4.69, 9.17) is 23.2 Å². The molecule has 2 unspecified atom stereocenters. The van der Waals surface area contributed by atoms with Crippen molar-refractivity contribution in [3.05, 3.63) is 29.7 Å². The zero-order valence-corrected chi connectivity index (χ0v) is 15.5. The zero-order chi connectivity index (χ0) is 16.8. The van der Waals surface area contributed by atoms with Gasteiger partial charge in [0.2, 0.25) is 5.91 Å². The Kier molecular flexibility index (Phi) is 4.15. The molecule has 1 amide bonds. The molecule has 3 rings (SSSR count). The molecule has 2 heterocycles. The van der Waals surface area contributed by atoms with Crippen LogP contribution in [0.15, 0.2) is 24.5 Å². The highest BCUT2D eigenvalue weighted by atomic mass is 35.5. The smallest absolute Gasteiger partial charge is 0.235 e. The molecule has 23 heavy (non-hydrogen) atoms. The maximum Gasteiger partial charge on any atom is 0.235 e. The average Bonchev–Trinajstić information content (AvgIpc) is 2.86. The standard InChI is InChI=1S/C16H17Cl2N3OS/c1-4-21(14(22)15(2)9-16(15,3)18)13-11(17)20-12(23-13)10-6-5-7-19-8-10/h5-8H,4,9H2,1-3H3. The van der Waals surface area contributed by atoms with E-state index < -0.39 is 10.3 Å². The molecule has 0 N–H and O–H groups in total. The summed E-state index contributed by atoms with van der Waals surface area (Å²) < 4.78 is 0. The van der Waals surface area contributed by atoms with Crippen LogP contribution in [0, 0.1) is 5.41 Å².